The van der Waals surface area contributed by atoms with E-state index >= 15 is 0 Å². The van der Waals surface area contributed by atoms with Crippen LogP contribution in [-0.4, -0.2) is 35.8 Å². The normalized spacial score (nSPS) is 20.6. The summed E-state index contributed by atoms with van der Waals surface area (Å²) in [5.74, 6) is 0.913. The van der Waals surface area contributed by atoms with E-state index in [1.165, 1.54) is 0 Å². The fourth-order valence-electron chi connectivity index (χ4n) is 2.09. The molecule has 0 amide bonds. The zero-order chi connectivity index (χ0) is 12.7. The van der Waals surface area contributed by atoms with Crippen molar-refractivity contribution in [2.24, 2.45) is 0 Å². The van der Waals surface area contributed by atoms with E-state index in [0.717, 1.165) is 40.3 Å². The van der Waals surface area contributed by atoms with Crippen molar-refractivity contribution in [1.29, 1.82) is 0 Å². The van der Waals surface area contributed by atoms with E-state index in [9.17, 15) is 0 Å². The second kappa shape index (κ2) is 4.92. The Labute approximate surface area is 122 Å². The highest BCUT2D eigenvalue weighted by Crippen LogP contribution is 2.36. The number of fused-ring (bicyclic) bond motifs is 1. The van der Waals surface area contributed by atoms with Crippen molar-refractivity contribution in [3.63, 3.8) is 0 Å². The average molecular weight is 349 g/mol. The molecule has 0 N–H and O–H groups in total. The second-order valence-electron chi connectivity index (χ2n) is 4.19. The third-order valence-corrected chi connectivity index (χ3v) is 5.01. The van der Waals surface area contributed by atoms with Crippen LogP contribution in [0.1, 0.15) is 6.92 Å². The minimum absolute atomic E-state index is 0.287. The van der Waals surface area contributed by atoms with Crippen molar-refractivity contribution in [2.75, 3.05) is 24.7 Å². The number of halogens is 2. The molecule has 1 fully saturated rings. The zero-order valence-corrected chi connectivity index (χ0v) is 12.8. The molecule has 18 heavy (non-hydrogen) atoms. The van der Waals surface area contributed by atoms with Gasteiger partial charge in [0.05, 0.1) is 28.4 Å². The predicted molar refractivity (Wildman–Crippen MR) is 77.8 cm³/mol. The number of anilines is 1. The minimum atomic E-state index is 0.287. The first-order chi connectivity index (χ1) is 8.66. The molecule has 7 heteroatoms. The molecule has 3 heterocycles. The molecular weight excluding hydrogens is 338 g/mol. The van der Waals surface area contributed by atoms with Gasteiger partial charge in [0.15, 0.2) is 5.82 Å². The van der Waals surface area contributed by atoms with Crippen molar-refractivity contribution < 1.29 is 4.74 Å². The van der Waals surface area contributed by atoms with Gasteiger partial charge in [0.2, 0.25) is 5.28 Å². The maximum absolute atomic E-state index is 6.02. The van der Waals surface area contributed by atoms with Gasteiger partial charge in [0.25, 0.3) is 0 Å². The molecule has 0 spiro atoms. The Kier molecular flexibility index (Phi) is 3.44. The molecule has 3 rings (SSSR count). The third kappa shape index (κ3) is 2.11. The van der Waals surface area contributed by atoms with Crippen molar-refractivity contribution in [1.82, 2.24) is 9.97 Å². The highest BCUT2D eigenvalue weighted by molar-refractivity contribution is 9.10. The lowest BCUT2D eigenvalue weighted by molar-refractivity contribution is 0.0987. The van der Waals surface area contributed by atoms with Crippen LogP contribution in [0.15, 0.2) is 9.85 Å². The molecule has 0 bridgehead atoms. The molecule has 0 aromatic carbocycles. The first-order valence-electron chi connectivity index (χ1n) is 5.61. The first kappa shape index (κ1) is 12.6. The number of hydrogen-bond acceptors (Lipinski definition) is 5. The standard InChI is InChI=1S/C11H11BrClN3OS/c1-6-4-17-3-2-16(6)10-9-8(7(12)5-18-9)14-11(13)15-10/h5-6H,2-4H2,1H3. The van der Waals surface area contributed by atoms with Crippen LogP contribution in [0.5, 0.6) is 0 Å². The van der Waals surface area contributed by atoms with Crippen LogP contribution in [0.2, 0.25) is 5.28 Å². The van der Waals surface area contributed by atoms with Gasteiger partial charge >= 0.3 is 0 Å². The molecule has 0 radical (unpaired) electrons. The number of nitrogens with zero attached hydrogens (tertiary/aromatic N) is 3. The average Bonchev–Trinajstić information content (AvgIpc) is 2.71. The fourth-order valence-corrected chi connectivity index (χ4v) is 3.82. The molecule has 1 saturated heterocycles. The van der Waals surface area contributed by atoms with Crippen molar-refractivity contribution in [3.8, 4) is 0 Å². The van der Waals surface area contributed by atoms with Gasteiger partial charge in [-0.2, -0.15) is 4.98 Å². The summed E-state index contributed by atoms with van der Waals surface area (Å²) in [5, 5.41) is 2.31. The summed E-state index contributed by atoms with van der Waals surface area (Å²) >= 11 is 11.1. The minimum Gasteiger partial charge on any atom is -0.377 e. The van der Waals surface area contributed by atoms with Crippen LogP contribution >= 0.6 is 38.9 Å². The Morgan fingerprint density at radius 3 is 3.17 bits per heavy atom. The highest BCUT2D eigenvalue weighted by atomic mass is 79.9. The summed E-state index contributed by atoms with van der Waals surface area (Å²) in [4.78, 5) is 10.9. The molecule has 4 nitrogen and oxygen atoms in total. The Hall–Kier alpha value is -0.430. The van der Waals surface area contributed by atoms with Crippen LogP contribution in [0.25, 0.3) is 10.2 Å². The fraction of sp³-hybridized carbons (Fsp3) is 0.455. The van der Waals surface area contributed by atoms with Gasteiger partial charge in [-0.15, -0.1) is 11.3 Å². The quantitative estimate of drug-likeness (QED) is 0.741. The predicted octanol–water partition coefficient (Wildman–Crippen LogP) is 3.33. The van der Waals surface area contributed by atoms with Crippen LogP contribution in [0, 0.1) is 0 Å². The van der Waals surface area contributed by atoms with E-state index < -0.39 is 0 Å². The summed E-state index contributed by atoms with van der Waals surface area (Å²) in [7, 11) is 0. The maximum atomic E-state index is 6.02. The van der Waals surface area contributed by atoms with Gasteiger partial charge in [-0.25, -0.2) is 4.98 Å². The monoisotopic (exact) mass is 347 g/mol. The van der Waals surface area contributed by atoms with E-state index in [0.29, 0.717) is 6.04 Å². The van der Waals surface area contributed by atoms with Crippen LogP contribution in [0.4, 0.5) is 5.82 Å². The van der Waals surface area contributed by atoms with Gasteiger partial charge in [-0.05, 0) is 34.5 Å². The number of ether oxygens (including phenoxy) is 1. The Morgan fingerprint density at radius 1 is 1.56 bits per heavy atom. The molecular formula is C11H11BrClN3OS. The SMILES string of the molecule is CC1COCCN1c1nc(Cl)nc2c(Br)csc12. The molecule has 2 aromatic rings. The van der Waals surface area contributed by atoms with Gasteiger partial charge in [0, 0.05) is 11.9 Å². The number of morpholine rings is 1. The zero-order valence-electron chi connectivity index (χ0n) is 9.69. The Balaban J connectivity index is 2.15. The smallest absolute Gasteiger partial charge is 0.225 e. The Morgan fingerprint density at radius 2 is 2.39 bits per heavy atom. The van der Waals surface area contributed by atoms with Crippen molar-refractivity contribution in [3.05, 3.63) is 15.1 Å². The van der Waals surface area contributed by atoms with Gasteiger partial charge in [0.1, 0.15) is 5.52 Å². The molecule has 96 valence electrons. The number of thiophene rings is 1. The van der Waals surface area contributed by atoms with Crippen LogP contribution < -0.4 is 4.90 Å². The largest absolute Gasteiger partial charge is 0.377 e. The van der Waals surface area contributed by atoms with E-state index in [1.807, 2.05) is 5.38 Å². The summed E-state index contributed by atoms with van der Waals surface area (Å²) in [6, 6.07) is 0.300. The lowest BCUT2D eigenvalue weighted by atomic mass is 10.2. The molecule has 1 atom stereocenters. The van der Waals surface area contributed by atoms with E-state index in [2.05, 4.69) is 37.7 Å². The van der Waals surface area contributed by atoms with E-state index in [-0.39, 0.29) is 5.28 Å². The van der Waals surface area contributed by atoms with Gasteiger partial charge in [-0.1, -0.05) is 0 Å². The van der Waals surface area contributed by atoms with Crippen LogP contribution in [-0.2, 0) is 4.74 Å². The topological polar surface area (TPSA) is 38.2 Å². The number of aromatic nitrogens is 2. The molecule has 0 aliphatic carbocycles. The second-order valence-corrected chi connectivity index (χ2v) is 6.27. The number of hydrogen-bond donors (Lipinski definition) is 0. The molecule has 1 aliphatic rings. The maximum Gasteiger partial charge on any atom is 0.225 e. The van der Waals surface area contributed by atoms with E-state index in [1.54, 1.807) is 11.3 Å². The highest BCUT2D eigenvalue weighted by Gasteiger charge is 2.24. The molecule has 1 aliphatic heterocycles. The lowest BCUT2D eigenvalue weighted by Gasteiger charge is -2.34. The van der Waals surface area contributed by atoms with E-state index in [4.69, 9.17) is 16.3 Å². The van der Waals surface area contributed by atoms with Gasteiger partial charge in [-0.3, -0.25) is 0 Å². The molecule has 1 unspecified atom stereocenters. The van der Waals surface area contributed by atoms with Crippen molar-refractivity contribution in [2.45, 2.75) is 13.0 Å². The summed E-state index contributed by atoms with van der Waals surface area (Å²) in [5.41, 5.74) is 0.883. The summed E-state index contributed by atoms with van der Waals surface area (Å²) in [6.07, 6.45) is 0. The summed E-state index contributed by atoms with van der Waals surface area (Å²) in [6.45, 7) is 4.40. The molecule has 2 aromatic heterocycles. The lowest BCUT2D eigenvalue weighted by Crippen LogP contribution is -2.44. The van der Waals surface area contributed by atoms with Gasteiger partial charge < -0.3 is 9.64 Å². The molecule has 0 saturated carbocycles. The number of rotatable bonds is 1. The summed E-state index contributed by atoms with van der Waals surface area (Å²) < 4.78 is 7.49. The Bertz CT molecular complexity index is 591. The third-order valence-electron chi connectivity index (χ3n) is 2.97. The first-order valence-corrected chi connectivity index (χ1v) is 7.66. The van der Waals surface area contributed by atoms with Crippen molar-refractivity contribution >= 4 is 54.9 Å². The van der Waals surface area contributed by atoms with Crippen LogP contribution in [0.3, 0.4) is 0 Å².